The van der Waals surface area contributed by atoms with Crippen molar-refractivity contribution in [2.45, 2.75) is 51.6 Å². The average molecular weight is 283 g/mol. The van der Waals surface area contributed by atoms with Gasteiger partial charge in [0.25, 0.3) is 0 Å². The molecule has 0 aliphatic heterocycles. The third kappa shape index (κ3) is 3.73. The number of hydrogen-bond acceptors (Lipinski definition) is 2. The maximum absolute atomic E-state index is 3.99. The predicted molar refractivity (Wildman–Crippen MR) is 86.9 cm³/mol. The molecule has 1 aromatic heterocycles. The van der Waals surface area contributed by atoms with Crippen molar-refractivity contribution in [2.24, 2.45) is 5.92 Å². The van der Waals surface area contributed by atoms with Gasteiger partial charge < -0.3 is 5.32 Å². The van der Waals surface area contributed by atoms with E-state index in [0.717, 1.165) is 18.2 Å². The highest BCUT2D eigenvalue weighted by atomic mass is 15.1. The van der Waals surface area contributed by atoms with Crippen molar-refractivity contribution in [1.29, 1.82) is 0 Å². The Labute approximate surface area is 127 Å². The molecule has 3 rings (SSSR count). The van der Waals surface area contributed by atoms with Gasteiger partial charge in [0.05, 0.1) is 5.69 Å². The standard InChI is InChI=1S/C18H25N3/c1-2-14-5-9-17(10-6-14)19-13-15-3-7-16(8-4-15)18-11-12-20-21-18/h3-4,7-8,11-12,14,17,19H,2,5-6,9-10,13H2,1H3,(H,20,21). The molecule has 0 saturated heterocycles. The number of nitrogens with zero attached hydrogens (tertiary/aromatic N) is 1. The van der Waals surface area contributed by atoms with Crippen molar-refractivity contribution in [1.82, 2.24) is 15.5 Å². The lowest BCUT2D eigenvalue weighted by Crippen LogP contribution is -2.32. The minimum atomic E-state index is 0.708. The average Bonchev–Trinajstić information content (AvgIpc) is 3.08. The molecule has 3 nitrogen and oxygen atoms in total. The largest absolute Gasteiger partial charge is 0.310 e. The van der Waals surface area contributed by atoms with E-state index < -0.39 is 0 Å². The fourth-order valence-electron chi connectivity index (χ4n) is 3.26. The van der Waals surface area contributed by atoms with E-state index in [1.165, 1.54) is 43.2 Å². The highest BCUT2D eigenvalue weighted by Crippen LogP contribution is 2.26. The van der Waals surface area contributed by atoms with Gasteiger partial charge in [-0.2, -0.15) is 5.10 Å². The van der Waals surface area contributed by atoms with Crippen LogP contribution in [-0.2, 0) is 6.54 Å². The van der Waals surface area contributed by atoms with Gasteiger partial charge >= 0.3 is 0 Å². The van der Waals surface area contributed by atoms with Gasteiger partial charge in [0, 0.05) is 18.8 Å². The predicted octanol–water partition coefficient (Wildman–Crippen LogP) is 4.14. The first-order valence-electron chi connectivity index (χ1n) is 8.17. The van der Waals surface area contributed by atoms with Gasteiger partial charge in [-0.25, -0.2) is 0 Å². The molecule has 0 atom stereocenters. The Balaban J connectivity index is 1.50. The summed E-state index contributed by atoms with van der Waals surface area (Å²) in [5.41, 5.74) is 3.63. The normalized spacial score (nSPS) is 22.3. The zero-order chi connectivity index (χ0) is 14.5. The molecule has 0 radical (unpaired) electrons. The summed E-state index contributed by atoms with van der Waals surface area (Å²) >= 11 is 0. The molecule has 3 heteroatoms. The van der Waals surface area contributed by atoms with Crippen molar-refractivity contribution < 1.29 is 0 Å². The highest BCUT2D eigenvalue weighted by molar-refractivity contribution is 5.58. The molecule has 0 bridgehead atoms. The van der Waals surface area contributed by atoms with E-state index in [4.69, 9.17) is 0 Å². The van der Waals surface area contributed by atoms with Crippen LogP contribution in [0.5, 0.6) is 0 Å². The monoisotopic (exact) mass is 283 g/mol. The second-order valence-corrected chi connectivity index (χ2v) is 6.17. The molecule has 2 N–H and O–H groups in total. The molecule has 1 heterocycles. The van der Waals surface area contributed by atoms with E-state index in [2.05, 4.69) is 46.7 Å². The number of H-pyrrole nitrogens is 1. The van der Waals surface area contributed by atoms with E-state index in [9.17, 15) is 0 Å². The third-order valence-electron chi connectivity index (χ3n) is 4.78. The van der Waals surface area contributed by atoms with Crippen LogP contribution in [0.15, 0.2) is 36.5 Å². The molecule has 1 fully saturated rings. The summed E-state index contributed by atoms with van der Waals surface area (Å²) in [7, 11) is 0. The summed E-state index contributed by atoms with van der Waals surface area (Å²) in [6.07, 6.45) is 8.61. The maximum atomic E-state index is 3.99. The number of hydrogen-bond donors (Lipinski definition) is 2. The molecule has 112 valence electrons. The second kappa shape index (κ2) is 6.90. The van der Waals surface area contributed by atoms with Gasteiger partial charge in [-0.15, -0.1) is 0 Å². The van der Waals surface area contributed by atoms with E-state index in [0.29, 0.717) is 6.04 Å². The Morgan fingerprint density at radius 3 is 2.48 bits per heavy atom. The van der Waals surface area contributed by atoms with Crippen LogP contribution in [0.1, 0.15) is 44.6 Å². The topological polar surface area (TPSA) is 40.7 Å². The first-order valence-corrected chi connectivity index (χ1v) is 8.17. The molecule has 2 aromatic rings. The van der Waals surface area contributed by atoms with Gasteiger partial charge in [-0.05, 0) is 48.8 Å². The van der Waals surface area contributed by atoms with Gasteiger partial charge in [0.2, 0.25) is 0 Å². The molecule has 1 aliphatic carbocycles. The minimum Gasteiger partial charge on any atom is -0.310 e. The van der Waals surface area contributed by atoms with Gasteiger partial charge in [-0.1, -0.05) is 37.6 Å². The smallest absolute Gasteiger partial charge is 0.0650 e. The number of rotatable bonds is 5. The van der Waals surface area contributed by atoms with Crippen LogP contribution >= 0.6 is 0 Å². The first kappa shape index (κ1) is 14.3. The molecule has 1 saturated carbocycles. The van der Waals surface area contributed by atoms with Gasteiger partial charge in [0.1, 0.15) is 0 Å². The van der Waals surface area contributed by atoms with Crippen LogP contribution in [0, 0.1) is 5.92 Å². The van der Waals surface area contributed by atoms with Gasteiger partial charge in [-0.3, -0.25) is 5.10 Å². The Bertz CT molecular complexity index is 522. The SMILES string of the molecule is CCC1CCC(NCc2ccc(-c3ccn[nH]3)cc2)CC1. The summed E-state index contributed by atoms with van der Waals surface area (Å²) in [5.74, 6) is 0.969. The van der Waals surface area contributed by atoms with Gasteiger partial charge in [0.15, 0.2) is 0 Å². The van der Waals surface area contributed by atoms with Crippen molar-refractivity contribution in [3.63, 3.8) is 0 Å². The van der Waals surface area contributed by atoms with Crippen molar-refractivity contribution in [2.75, 3.05) is 0 Å². The summed E-state index contributed by atoms with van der Waals surface area (Å²) in [6, 6.07) is 11.5. The lowest BCUT2D eigenvalue weighted by Gasteiger charge is -2.28. The minimum absolute atomic E-state index is 0.708. The van der Waals surface area contributed by atoms with Crippen LogP contribution in [0.4, 0.5) is 0 Å². The summed E-state index contributed by atoms with van der Waals surface area (Å²) in [4.78, 5) is 0. The Morgan fingerprint density at radius 2 is 1.86 bits per heavy atom. The molecule has 1 aromatic carbocycles. The number of benzene rings is 1. The summed E-state index contributed by atoms with van der Waals surface area (Å²) in [5, 5.41) is 10.7. The zero-order valence-electron chi connectivity index (χ0n) is 12.8. The van der Waals surface area contributed by atoms with Crippen LogP contribution < -0.4 is 5.32 Å². The third-order valence-corrected chi connectivity index (χ3v) is 4.78. The van der Waals surface area contributed by atoms with E-state index in [1.54, 1.807) is 6.20 Å². The van der Waals surface area contributed by atoms with Crippen molar-refractivity contribution in [3.8, 4) is 11.3 Å². The van der Waals surface area contributed by atoms with Crippen molar-refractivity contribution in [3.05, 3.63) is 42.1 Å². The molecular formula is C18H25N3. The summed E-state index contributed by atoms with van der Waals surface area (Å²) in [6.45, 7) is 3.30. The fraction of sp³-hybridized carbons (Fsp3) is 0.500. The van der Waals surface area contributed by atoms with Crippen LogP contribution in [0.25, 0.3) is 11.3 Å². The fourth-order valence-corrected chi connectivity index (χ4v) is 3.26. The number of aromatic amines is 1. The van der Waals surface area contributed by atoms with Crippen LogP contribution in [0.3, 0.4) is 0 Å². The Kier molecular flexibility index (Phi) is 4.71. The first-order chi connectivity index (χ1) is 10.3. The molecule has 1 aliphatic rings. The van der Waals surface area contributed by atoms with Crippen LogP contribution in [-0.4, -0.2) is 16.2 Å². The van der Waals surface area contributed by atoms with E-state index in [1.807, 2.05) is 6.07 Å². The van der Waals surface area contributed by atoms with Crippen LogP contribution in [0.2, 0.25) is 0 Å². The van der Waals surface area contributed by atoms with E-state index in [-0.39, 0.29) is 0 Å². The Morgan fingerprint density at radius 1 is 1.10 bits per heavy atom. The Hall–Kier alpha value is -1.61. The number of aromatic nitrogens is 2. The zero-order valence-corrected chi connectivity index (χ0v) is 12.8. The lowest BCUT2D eigenvalue weighted by atomic mass is 9.84. The van der Waals surface area contributed by atoms with Crippen molar-refractivity contribution >= 4 is 0 Å². The summed E-state index contributed by atoms with van der Waals surface area (Å²) < 4.78 is 0. The molecule has 0 spiro atoms. The second-order valence-electron chi connectivity index (χ2n) is 6.17. The molecular weight excluding hydrogens is 258 g/mol. The maximum Gasteiger partial charge on any atom is 0.0650 e. The molecule has 0 amide bonds. The lowest BCUT2D eigenvalue weighted by molar-refractivity contribution is 0.285. The molecule has 21 heavy (non-hydrogen) atoms. The molecule has 0 unspecified atom stereocenters. The highest BCUT2D eigenvalue weighted by Gasteiger charge is 2.19. The van der Waals surface area contributed by atoms with E-state index >= 15 is 0 Å². The quantitative estimate of drug-likeness (QED) is 0.866. The number of nitrogens with one attached hydrogen (secondary N) is 2.